The monoisotopic (exact) mass is 419 g/mol. The highest BCUT2D eigenvalue weighted by atomic mass is 35.5. The van der Waals surface area contributed by atoms with Crippen molar-refractivity contribution in [1.82, 2.24) is 10.3 Å². The Morgan fingerprint density at radius 1 is 1.07 bits per heavy atom. The van der Waals surface area contributed by atoms with Crippen molar-refractivity contribution in [3.63, 3.8) is 0 Å². The Morgan fingerprint density at radius 3 is 2.53 bits per heavy atom. The van der Waals surface area contributed by atoms with Gasteiger partial charge < -0.3 is 10.3 Å². The maximum atomic E-state index is 12.7. The fourth-order valence-electron chi connectivity index (χ4n) is 3.57. The molecule has 0 fully saturated rings. The average Bonchev–Trinajstić information content (AvgIpc) is 3.18. The van der Waals surface area contributed by atoms with Crippen LogP contribution in [-0.4, -0.2) is 22.4 Å². The summed E-state index contributed by atoms with van der Waals surface area (Å²) < 4.78 is 0. The first kappa shape index (κ1) is 19.7. The number of H-pyrrole nitrogens is 1. The van der Waals surface area contributed by atoms with E-state index in [1.165, 1.54) is 18.2 Å². The van der Waals surface area contributed by atoms with Gasteiger partial charge in [0.2, 0.25) is 0 Å². The zero-order valence-electron chi connectivity index (χ0n) is 15.8. The molecular weight excluding hydrogens is 402 g/mol. The Hall–Kier alpha value is -3.64. The first-order valence-electron chi connectivity index (χ1n) is 9.37. The normalized spacial score (nSPS) is 11.9. The maximum Gasteiger partial charge on any atom is 0.270 e. The summed E-state index contributed by atoms with van der Waals surface area (Å²) in [4.78, 5) is 26.4. The van der Waals surface area contributed by atoms with Crippen molar-refractivity contribution in [2.75, 3.05) is 6.54 Å². The van der Waals surface area contributed by atoms with Crippen LogP contribution in [0.2, 0.25) is 5.02 Å². The van der Waals surface area contributed by atoms with Gasteiger partial charge in [-0.25, -0.2) is 0 Å². The zero-order valence-corrected chi connectivity index (χ0v) is 16.6. The number of non-ortho nitro benzene ring substituents is 1. The van der Waals surface area contributed by atoms with Gasteiger partial charge in [0.1, 0.15) is 0 Å². The Kier molecular flexibility index (Phi) is 5.50. The Labute approximate surface area is 177 Å². The predicted octanol–water partition coefficient (Wildman–Crippen LogP) is 5.29. The van der Waals surface area contributed by atoms with E-state index in [0.717, 1.165) is 22.0 Å². The lowest BCUT2D eigenvalue weighted by Crippen LogP contribution is -2.29. The molecule has 0 aliphatic heterocycles. The van der Waals surface area contributed by atoms with Crippen LogP contribution in [-0.2, 0) is 0 Å². The summed E-state index contributed by atoms with van der Waals surface area (Å²) in [5.41, 5.74) is 3.22. The van der Waals surface area contributed by atoms with Gasteiger partial charge in [-0.05, 0) is 23.3 Å². The van der Waals surface area contributed by atoms with Crippen LogP contribution in [0.5, 0.6) is 0 Å². The second-order valence-electron chi connectivity index (χ2n) is 6.88. The smallest absolute Gasteiger partial charge is 0.270 e. The number of aromatic amines is 1. The van der Waals surface area contributed by atoms with Gasteiger partial charge in [0, 0.05) is 41.7 Å². The average molecular weight is 420 g/mol. The van der Waals surface area contributed by atoms with E-state index < -0.39 is 4.92 Å². The summed E-state index contributed by atoms with van der Waals surface area (Å²) in [6.45, 7) is 0.345. The number of aromatic nitrogens is 1. The zero-order chi connectivity index (χ0) is 21.1. The SMILES string of the molecule is O=C(NCC(c1ccccc1)c1c[nH]c2ccccc12)c1ccc([N+](=O)[O-])cc1Cl. The highest BCUT2D eigenvalue weighted by Crippen LogP contribution is 2.30. The van der Waals surface area contributed by atoms with E-state index >= 15 is 0 Å². The lowest BCUT2D eigenvalue weighted by Gasteiger charge is -2.18. The van der Waals surface area contributed by atoms with Crippen molar-refractivity contribution in [2.45, 2.75) is 5.92 Å². The molecule has 0 spiro atoms. The second-order valence-corrected chi connectivity index (χ2v) is 7.29. The minimum Gasteiger partial charge on any atom is -0.361 e. The molecule has 1 heterocycles. The minimum atomic E-state index is -0.546. The van der Waals surface area contributed by atoms with E-state index in [4.69, 9.17) is 11.6 Å². The van der Waals surface area contributed by atoms with E-state index in [0.29, 0.717) is 6.54 Å². The van der Waals surface area contributed by atoms with E-state index in [-0.39, 0.29) is 28.1 Å². The highest BCUT2D eigenvalue weighted by Gasteiger charge is 2.21. The molecule has 4 rings (SSSR count). The number of carbonyl (C=O) groups excluding carboxylic acids is 1. The molecule has 6 nitrogen and oxygen atoms in total. The Morgan fingerprint density at radius 2 is 1.80 bits per heavy atom. The summed E-state index contributed by atoms with van der Waals surface area (Å²) in [7, 11) is 0. The third-order valence-corrected chi connectivity index (χ3v) is 5.39. The number of carbonyl (C=O) groups is 1. The molecule has 1 unspecified atom stereocenters. The molecule has 150 valence electrons. The van der Waals surface area contributed by atoms with Crippen LogP contribution < -0.4 is 5.32 Å². The summed E-state index contributed by atoms with van der Waals surface area (Å²) in [6.07, 6.45) is 1.97. The van der Waals surface area contributed by atoms with Crippen LogP contribution in [0.1, 0.15) is 27.4 Å². The topological polar surface area (TPSA) is 88.0 Å². The van der Waals surface area contributed by atoms with Crippen molar-refractivity contribution in [2.24, 2.45) is 0 Å². The predicted molar refractivity (Wildman–Crippen MR) is 117 cm³/mol. The van der Waals surface area contributed by atoms with Gasteiger partial charge in [-0.15, -0.1) is 0 Å². The van der Waals surface area contributed by atoms with Crippen molar-refractivity contribution in [3.05, 3.63) is 111 Å². The molecule has 0 aliphatic carbocycles. The molecule has 0 saturated heterocycles. The molecular formula is C23H18ClN3O3. The van der Waals surface area contributed by atoms with Crippen LogP contribution in [0.4, 0.5) is 5.69 Å². The fraction of sp³-hybridized carbons (Fsp3) is 0.0870. The molecule has 7 heteroatoms. The number of hydrogen-bond donors (Lipinski definition) is 2. The number of nitro groups is 1. The number of nitrogens with zero attached hydrogens (tertiary/aromatic N) is 1. The number of rotatable bonds is 6. The van der Waals surface area contributed by atoms with Gasteiger partial charge in [-0.1, -0.05) is 60.1 Å². The van der Waals surface area contributed by atoms with Crippen molar-refractivity contribution in [1.29, 1.82) is 0 Å². The molecule has 0 saturated carbocycles. The third-order valence-electron chi connectivity index (χ3n) is 5.07. The van der Waals surface area contributed by atoms with Crippen LogP contribution in [0.15, 0.2) is 79.0 Å². The fourth-order valence-corrected chi connectivity index (χ4v) is 3.83. The molecule has 2 N–H and O–H groups in total. The quantitative estimate of drug-likeness (QED) is 0.328. The minimum absolute atomic E-state index is 0.0463. The second kappa shape index (κ2) is 8.39. The summed E-state index contributed by atoms with van der Waals surface area (Å²) in [5, 5.41) is 15.0. The summed E-state index contributed by atoms with van der Waals surface area (Å²) >= 11 is 6.11. The van der Waals surface area contributed by atoms with E-state index in [1.54, 1.807) is 0 Å². The van der Waals surface area contributed by atoms with Crippen molar-refractivity contribution in [3.8, 4) is 0 Å². The van der Waals surface area contributed by atoms with E-state index in [9.17, 15) is 14.9 Å². The number of amides is 1. The number of para-hydroxylation sites is 1. The Balaban J connectivity index is 1.62. The van der Waals surface area contributed by atoms with E-state index in [1.807, 2.05) is 60.8 Å². The number of hydrogen-bond acceptors (Lipinski definition) is 3. The summed E-state index contributed by atoms with van der Waals surface area (Å²) in [5.74, 6) is -0.459. The number of halogens is 1. The van der Waals surface area contributed by atoms with Crippen LogP contribution in [0, 0.1) is 10.1 Å². The van der Waals surface area contributed by atoms with Gasteiger partial charge in [-0.3, -0.25) is 14.9 Å². The molecule has 0 aliphatic rings. The first-order valence-corrected chi connectivity index (χ1v) is 9.75. The number of fused-ring (bicyclic) bond motifs is 1. The number of nitro benzene ring substituents is 1. The van der Waals surface area contributed by atoms with Crippen LogP contribution in [0.3, 0.4) is 0 Å². The van der Waals surface area contributed by atoms with Gasteiger partial charge in [0.05, 0.1) is 15.5 Å². The molecule has 0 radical (unpaired) electrons. The number of nitrogens with one attached hydrogen (secondary N) is 2. The molecule has 4 aromatic rings. The molecule has 1 aromatic heterocycles. The third kappa shape index (κ3) is 3.90. The molecule has 1 atom stereocenters. The molecule has 3 aromatic carbocycles. The summed E-state index contributed by atoms with van der Waals surface area (Å²) in [6, 6.07) is 21.8. The van der Waals surface area contributed by atoms with Gasteiger partial charge in [0.25, 0.3) is 11.6 Å². The first-order chi connectivity index (χ1) is 14.5. The molecule has 1 amide bonds. The molecule has 0 bridgehead atoms. The van der Waals surface area contributed by atoms with E-state index in [2.05, 4.69) is 10.3 Å². The Bertz CT molecular complexity index is 1220. The van der Waals surface area contributed by atoms with Crippen LogP contribution >= 0.6 is 11.6 Å². The van der Waals surface area contributed by atoms with Gasteiger partial charge in [-0.2, -0.15) is 0 Å². The molecule has 30 heavy (non-hydrogen) atoms. The van der Waals surface area contributed by atoms with Crippen LogP contribution in [0.25, 0.3) is 10.9 Å². The standard InChI is InChI=1S/C23H18ClN3O3/c24-21-12-16(27(29)30)10-11-18(21)23(28)26-13-19(15-6-2-1-3-7-15)20-14-25-22-9-5-4-8-17(20)22/h1-12,14,19,25H,13H2,(H,26,28). The van der Waals surface area contributed by atoms with Crippen molar-refractivity contribution >= 4 is 34.1 Å². The lowest BCUT2D eigenvalue weighted by molar-refractivity contribution is -0.384. The maximum absolute atomic E-state index is 12.7. The van der Waals surface area contributed by atoms with Crippen molar-refractivity contribution < 1.29 is 9.72 Å². The highest BCUT2D eigenvalue weighted by molar-refractivity contribution is 6.34. The number of benzene rings is 3. The van der Waals surface area contributed by atoms with Gasteiger partial charge in [0.15, 0.2) is 0 Å². The van der Waals surface area contributed by atoms with Gasteiger partial charge >= 0.3 is 0 Å². The lowest BCUT2D eigenvalue weighted by atomic mass is 9.91. The largest absolute Gasteiger partial charge is 0.361 e.